The molecule has 0 aliphatic heterocycles. The third-order valence-electron chi connectivity index (χ3n) is 9.15. The summed E-state index contributed by atoms with van der Waals surface area (Å²) in [5.74, 6) is 0.779. The van der Waals surface area contributed by atoms with Gasteiger partial charge in [0.1, 0.15) is 0 Å². The van der Waals surface area contributed by atoms with Gasteiger partial charge in [-0.1, -0.05) is 87.6 Å². The van der Waals surface area contributed by atoms with E-state index in [4.69, 9.17) is 0 Å². The smallest absolute Gasteiger partial charge is 0.206 e. The molecule has 38 heavy (non-hydrogen) atoms. The topological polar surface area (TPSA) is 80.3 Å². The summed E-state index contributed by atoms with van der Waals surface area (Å²) in [6, 6.07) is 10.7. The molecule has 2 aromatic rings. The van der Waals surface area contributed by atoms with Crippen molar-refractivity contribution in [3.05, 3.63) is 58.7 Å². The average Bonchev–Trinajstić information content (AvgIpc) is 2.93. The number of rotatable bonds is 7. The van der Waals surface area contributed by atoms with Gasteiger partial charge in [0.2, 0.25) is 0 Å². The first-order chi connectivity index (χ1) is 18.2. The summed E-state index contributed by atoms with van der Waals surface area (Å²) < 4.78 is 57.3. The van der Waals surface area contributed by atoms with Gasteiger partial charge in [0.25, 0.3) is 20.0 Å². The largest absolute Gasteiger partial charge is 0.254 e. The van der Waals surface area contributed by atoms with E-state index in [0.717, 1.165) is 80.9 Å². The molecule has 0 spiro atoms. The number of hydrogen-bond donors (Lipinski definition) is 1. The minimum atomic E-state index is -4.32. The molecule has 3 fully saturated rings. The highest BCUT2D eigenvalue weighted by atomic mass is 32.3. The minimum absolute atomic E-state index is 0.0241. The lowest BCUT2D eigenvalue weighted by molar-refractivity contribution is 0.419. The fourth-order valence-electron chi connectivity index (χ4n) is 7.07. The Hall–Kier alpha value is -1.70. The Balaban J connectivity index is 1.65. The van der Waals surface area contributed by atoms with E-state index in [2.05, 4.69) is 16.3 Å². The van der Waals surface area contributed by atoms with Crippen molar-refractivity contribution in [2.75, 3.05) is 0 Å². The number of nitrogens with one attached hydrogen (secondary N) is 1. The van der Waals surface area contributed by atoms with Gasteiger partial charge in [-0.2, -0.15) is 0 Å². The van der Waals surface area contributed by atoms with Crippen LogP contribution in [0, 0.1) is 6.92 Å². The molecule has 2 aromatic carbocycles. The van der Waals surface area contributed by atoms with Gasteiger partial charge in [-0.15, -0.1) is 4.13 Å². The maximum atomic E-state index is 14.2. The first-order valence-electron chi connectivity index (χ1n) is 14.8. The normalized spacial score (nSPS) is 21.0. The van der Waals surface area contributed by atoms with E-state index in [1.165, 1.54) is 49.8 Å². The maximum absolute atomic E-state index is 14.2. The summed E-state index contributed by atoms with van der Waals surface area (Å²) >= 11 is 0. The molecule has 208 valence electrons. The van der Waals surface area contributed by atoms with Crippen LogP contribution in [0.1, 0.15) is 136 Å². The van der Waals surface area contributed by atoms with E-state index in [0.29, 0.717) is 5.92 Å². The Morgan fingerprint density at radius 2 is 1.00 bits per heavy atom. The van der Waals surface area contributed by atoms with Crippen molar-refractivity contribution in [3.63, 3.8) is 0 Å². The van der Waals surface area contributed by atoms with Crippen LogP contribution in [0.5, 0.6) is 0 Å². The highest BCUT2D eigenvalue weighted by molar-refractivity contribution is 8.04. The van der Waals surface area contributed by atoms with Crippen molar-refractivity contribution in [1.82, 2.24) is 4.13 Å². The molecule has 0 radical (unpaired) electrons. The van der Waals surface area contributed by atoms with Crippen LogP contribution in [-0.2, 0) is 20.0 Å². The standard InChI is InChI=1S/C31H43NO4S2/c1-23-17-19-28(20-18-23)37(33,34)32-38(35,36)31-29(25-13-7-3-8-14-25)21-27(24-11-5-2-6-12-24)22-30(31)26-15-9-4-10-16-26/h17-22,24-26,32H,2-16H2,1H3. The van der Waals surface area contributed by atoms with E-state index < -0.39 is 20.0 Å². The van der Waals surface area contributed by atoms with Crippen LogP contribution in [0.2, 0.25) is 0 Å². The molecule has 0 atom stereocenters. The molecule has 0 unspecified atom stereocenters. The fraction of sp³-hybridized carbons (Fsp3) is 0.613. The van der Waals surface area contributed by atoms with Gasteiger partial charge in [0, 0.05) is 0 Å². The first-order valence-corrected chi connectivity index (χ1v) is 17.7. The molecular formula is C31H43NO4S2. The molecule has 0 bridgehead atoms. The van der Waals surface area contributed by atoms with Crippen molar-refractivity contribution in [2.45, 2.75) is 131 Å². The Bertz CT molecular complexity index is 1280. The minimum Gasteiger partial charge on any atom is -0.206 e. The molecule has 0 heterocycles. The van der Waals surface area contributed by atoms with Gasteiger partial charge in [0.05, 0.1) is 9.79 Å². The molecule has 0 aromatic heterocycles. The summed E-state index contributed by atoms with van der Waals surface area (Å²) in [6.07, 6.45) is 16.6. The summed E-state index contributed by atoms with van der Waals surface area (Å²) in [6.45, 7) is 1.88. The maximum Gasteiger partial charge on any atom is 0.254 e. The third-order valence-corrected chi connectivity index (χ3v) is 12.8. The lowest BCUT2D eigenvalue weighted by Crippen LogP contribution is -2.33. The van der Waals surface area contributed by atoms with Crippen molar-refractivity contribution < 1.29 is 16.8 Å². The van der Waals surface area contributed by atoms with Crippen molar-refractivity contribution in [2.24, 2.45) is 0 Å². The first kappa shape index (κ1) is 27.9. The van der Waals surface area contributed by atoms with Crippen LogP contribution in [-0.4, -0.2) is 16.8 Å². The van der Waals surface area contributed by atoms with E-state index in [9.17, 15) is 16.8 Å². The second kappa shape index (κ2) is 11.8. The third kappa shape index (κ3) is 6.20. The lowest BCUT2D eigenvalue weighted by Gasteiger charge is -2.32. The molecule has 5 nitrogen and oxygen atoms in total. The zero-order valence-corrected chi connectivity index (χ0v) is 24.4. The van der Waals surface area contributed by atoms with Crippen molar-refractivity contribution in [1.29, 1.82) is 0 Å². The van der Waals surface area contributed by atoms with E-state index in [1.807, 2.05) is 6.92 Å². The molecule has 1 N–H and O–H groups in total. The zero-order valence-electron chi connectivity index (χ0n) is 22.8. The quantitative estimate of drug-likeness (QED) is 0.376. The average molecular weight is 558 g/mol. The molecule has 3 saturated carbocycles. The van der Waals surface area contributed by atoms with Crippen molar-refractivity contribution >= 4 is 20.0 Å². The number of benzene rings is 2. The van der Waals surface area contributed by atoms with Gasteiger partial charge in [-0.3, -0.25) is 0 Å². The van der Waals surface area contributed by atoms with Crippen LogP contribution < -0.4 is 4.13 Å². The molecule has 3 aliphatic carbocycles. The highest BCUT2D eigenvalue weighted by Crippen LogP contribution is 2.45. The van der Waals surface area contributed by atoms with Gasteiger partial charge < -0.3 is 0 Å². The van der Waals surface area contributed by atoms with Gasteiger partial charge >= 0.3 is 0 Å². The molecule has 7 heteroatoms. The van der Waals surface area contributed by atoms with E-state index in [-0.39, 0.29) is 21.6 Å². The Morgan fingerprint density at radius 1 is 0.579 bits per heavy atom. The van der Waals surface area contributed by atoms with Gasteiger partial charge in [-0.05, 0) is 92.0 Å². The molecule has 5 rings (SSSR count). The van der Waals surface area contributed by atoms with Crippen LogP contribution >= 0.6 is 0 Å². The zero-order chi connectivity index (χ0) is 26.8. The number of aryl methyl sites for hydroxylation is 1. The van der Waals surface area contributed by atoms with E-state index in [1.54, 1.807) is 12.1 Å². The lowest BCUT2D eigenvalue weighted by atomic mass is 9.76. The summed E-state index contributed by atoms with van der Waals surface area (Å²) in [5, 5.41) is 0. The SMILES string of the molecule is Cc1ccc(S(=O)(=O)NS(=O)(=O)c2c(C3CCCCC3)cc(C3CCCCC3)cc2C2CCCCC2)cc1. The predicted molar refractivity (Wildman–Crippen MR) is 153 cm³/mol. The Kier molecular flexibility index (Phi) is 8.66. The van der Waals surface area contributed by atoms with Crippen LogP contribution in [0.15, 0.2) is 46.2 Å². The monoisotopic (exact) mass is 557 g/mol. The van der Waals surface area contributed by atoms with Crippen LogP contribution in [0.3, 0.4) is 0 Å². The van der Waals surface area contributed by atoms with E-state index >= 15 is 0 Å². The number of sulfonamides is 2. The Labute approximate surface area is 229 Å². The van der Waals surface area contributed by atoms with Crippen LogP contribution in [0.25, 0.3) is 0 Å². The Morgan fingerprint density at radius 3 is 1.45 bits per heavy atom. The summed E-state index contributed by atoms with van der Waals surface area (Å²) in [7, 11) is -8.57. The van der Waals surface area contributed by atoms with Gasteiger partial charge in [0.15, 0.2) is 0 Å². The number of hydrogen-bond acceptors (Lipinski definition) is 4. The summed E-state index contributed by atoms with van der Waals surface area (Å²) in [4.78, 5) is 0.246. The second-order valence-corrected chi connectivity index (χ2v) is 15.5. The van der Waals surface area contributed by atoms with Gasteiger partial charge in [-0.25, -0.2) is 16.8 Å². The second-order valence-electron chi connectivity index (χ2n) is 11.9. The predicted octanol–water partition coefficient (Wildman–Crippen LogP) is 7.81. The fourth-order valence-corrected chi connectivity index (χ4v) is 10.5. The highest BCUT2D eigenvalue weighted by Gasteiger charge is 2.35. The van der Waals surface area contributed by atoms with Crippen LogP contribution in [0.4, 0.5) is 0 Å². The summed E-state index contributed by atoms with van der Waals surface area (Å²) in [5.41, 5.74) is 3.95. The molecular weight excluding hydrogens is 514 g/mol. The molecule has 0 saturated heterocycles. The van der Waals surface area contributed by atoms with Crippen molar-refractivity contribution in [3.8, 4) is 0 Å². The molecule has 0 amide bonds. The molecule has 3 aliphatic rings.